The summed E-state index contributed by atoms with van der Waals surface area (Å²) in [7, 11) is 0. The standard InChI is InChI=1S/C20H14ClFN2O2/c21-14-4-1-12(2-5-14)11-13-3-10-17-18(20(25)26)23-24(19(13)17)16-8-6-15(22)7-9-16/h1-2,4-9,11H,3,10H2,(H,25,26)/b13-11-. The van der Waals surface area contributed by atoms with Crippen molar-refractivity contribution in [2.24, 2.45) is 0 Å². The molecule has 0 unspecified atom stereocenters. The molecule has 0 fully saturated rings. The summed E-state index contributed by atoms with van der Waals surface area (Å²) in [5.41, 5.74) is 4.11. The second-order valence-corrected chi connectivity index (χ2v) is 6.53. The van der Waals surface area contributed by atoms with Crippen LogP contribution in [0.3, 0.4) is 0 Å². The lowest BCUT2D eigenvalue weighted by molar-refractivity contribution is 0.0689. The summed E-state index contributed by atoms with van der Waals surface area (Å²) in [6.07, 6.45) is 3.34. The van der Waals surface area contributed by atoms with Crippen molar-refractivity contribution in [3.63, 3.8) is 0 Å². The van der Waals surface area contributed by atoms with Gasteiger partial charge in [-0.05, 0) is 66.5 Å². The molecule has 1 aliphatic carbocycles. The van der Waals surface area contributed by atoms with Gasteiger partial charge in [0.25, 0.3) is 0 Å². The molecule has 6 heteroatoms. The molecule has 0 saturated heterocycles. The van der Waals surface area contributed by atoms with E-state index in [0.717, 1.165) is 23.3 Å². The number of fused-ring (bicyclic) bond motifs is 1. The van der Waals surface area contributed by atoms with Crippen molar-refractivity contribution in [3.05, 3.63) is 81.9 Å². The number of hydrogen-bond donors (Lipinski definition) is 1. The fraction of sp³-hybridized carbons (Fsp3) is 0.100. The predicted octanol–water partition coefficient (Wildman–Crippen LogP) is 4.85. The van der Waals surface area contributed by atoms with Gasteiger partial charge in [-0.2, -0.15) is 5.10 Å². The zero-order chi connectivity index (χ0) is 18.3. The number of carboxylic acid groups (broad SMARTS) is 1. The number of allylic oxidation sites excluding steroid dienone is 1. The third-order valence-electron chi connectivity index (χ3n) is 4.42. The van der Waals surface area contributed by atoms with Crippen LogP contribution < -0.4 is 0 Å². The maximum Gasteiger partial charge on any atom is 0.356 e. The molecule has 0 bridgehead atoms. The van der Waals surface area contributed by atoms with E-state index in [1.807, 2.05) is 30.3 Å². The Morgan fingerprint density at radius 1 is 1.12 bits per heavy atom. The van der Waals surface area contributed by atoms with E-state index >= 15 is 0 Å². The van der Waals surface area contributed by atoms with Crippen LogP contribution in [0, 0.1) is 5.82 Å². The highest BCUT2D eigenvalue weighted by atomic mass is 35.5. The highest BCUT2D eigenvalue weighted by molar-refractivity contribution is 6.30. The topological polar surface area (TPSA) is 55.1 Å². The molecule has 4 nitrogen and oxygen atoms in total. The van der Waals surface area contributed by atoms with E-state index in [1.54, 1.807) is 16.8 Å². The van der Waals surface area contributed by atoms with E-state index in [0.29, 0.717) is 22.7 Å². The highest BCUT2D eigenvalue weighted by Gasteiger charge is 2.30. The molecule has 0 radical (unpaired) electrons. The molecule has 0 spiro atoms. The SMILES string of the molecule is O=C(O)c1nn(-c2ccc(F)cc2)c2c1CC/C2=C/c1ccc(Cl)cc1. The van der Waals surface area contributed by atoms with Crippen LogP contribution in [0.15, 0.2) is 48.5 Å². The van der Waals surface area contributed by atoms with Gasteiger partial charge in [0, 0.05) is 10.6 Å². The first-order chi connectivity index (χ1) is 12.5. The van der Waals surface area contributed by atoms with Crippen LogP contribution in [0.5, 0.6) is 0 Å². The summed E-state index contributed by atoms with van der Waals surface area (Å²) in [4.78, 5) is 11.6. The maximum atomic E-state index is 13.3. The van der Waals surface area contributed by atoms with Gasteiger partial charge >= 0.3 is 5.97 Å². The van der Waals surface area contributed by atoms with Gasteiger partial charge in [0.1, 0.15) is 5.82 Å². The zero-order valence-electron chi connectivity index (χ0n) is 13.6. The molecule has 0 atom stereocenters. The number of aromatic nitrogens is 2. The second kappa shape index (κ2) is 6.42. The fourth-order valence-corrected chi connectivity index (χ4v) is 3.36. The van der Waals surface area contributed by atoms with Gasteiger partial charge in [0.05, 0.1) is 11.4 Å². The van der Waals surface area contributed by atoms with Crippen LogP contribution in [0.1, 0.15) is 33.7 Å². The molecular weight excluding hydrogens is 355 g/mol. The van der Waals surface area contributed by atoms with Crippen molar-refractivity contribution < 1.29 is 14.3 Å². The first-order valence-electron chi connectivity index (χ1n) is 8.10. The monoisotopic (exact) mass is 368 g/mol. The average molecular weight is 369 g/mol. The Balaban J connectivity index is 1.87. The number of rotatable bonds is 3. The molecule has 26 heavy (non-hydrogen) atoms. The van der Waals surface area contributed by atoms with Crippen molar-refractivity contribution in [3.8, 4) is 5.69 Å². The Morgan fingerprint density at radius 2 is 1.81 bits per heavy atom. The van der Waals surface area contributed by atoms with Gasteiger partial charge in [-0.15, -0.1) is 0 Å². The van der Waals surface area contributed by atoms with Crippen molar-refractivity contribution in [1.82, 2.24) is 9.78 Å². The summed E-state index contributed by atoms with van der Waals surface area (Å²) in [5, 5.41) is 14.4. The lowest BCUT2D eigenvalue weighted by Crippen LogP contribution is -2.04. The summed E-state index contributed by atoms with van der Waals surface area (Å²) in [6.45, 7) is 0. The zero-order valence-corrected chi connectivity index (χ0v) is 14.4. The van der Waals surface area contributed by atoms with E-state index in [4.69, 9.17) is 11.6 Å². The van der Waals surface area contributed by atoms with Gasteiger partial charge in [0.2, 0.25) is 0 Å². The fourth-order valence-electron chi connectivity index (χ4n) is 3.24. The van der Waals surface area contributed by atoms with Crippen LogP contribution in [0.2, 0.25) is 5.02 Å². The molecule has 1 heterocycles. The second-order valence-electron chi connectivity index (χ2n) is 6.09. The number of halogens is 2. The number of nitrogens with zero attached hydrogens (tertiary/aromatic N) is 2. The van der Waals surface area contributed by atoms with Crippen molar-refractivity contribution >= 4 is 29.2 Å². The Labute approximate surface area is 154 Å². The van der Waals surface area contributed by atoms with E-state index in [-0.39, 0.29) is 11.5 Å². The molecule has 1 N–H and O–H groups in total. The van der Waals surface area contributed by atoms with Gasteiger partial charge in [-0.3, -0.25) is 0 Å². The molecule has 3 aromatic rings. The number of hydrogen-bond acceptors (Lipinski definition) is 2. The highest BCUT2D eigenvalue weighted by Crippen LogP contribution is 2.37. The van der Waals surface area contributed by atoms with E-state index in [2.05, 4.69) is 5.10 Å². The molecule has 1 aliphatic rings. The first-order valence-corrected chi connectivity index (χ1v) is 8.48. The Morgan fingerprint density at radius 3 is 2.46 bits per heavy atom. The van der Waals surface area contributed by atoms with Crippen LogP contribution >= 0.6 is 11.6 Å². The Bertz CT molecular complexity index is 1020. The lowest BCUT2D eigenvalue weighted by Gasteiger charge is -2.08. The Kier molecular flexibility index (Phi) is 4.09. The summed E-state index contributed by atoms with van der Waals surface area (Å²) < 4.78 is 14.9. The quantitative estimate of drug-likeness (QED) is 0.719. The van der Waals surface area contributed by atoms with Gasteiger partial charge in [-0.1, -0.05) is 23.7 Å². The number of aromatic carboxylic acids is 1. The van der Waals surface area contributed by atoms with Gasteiger partial charge in [-0.25, -0.2) is 13.9 Å². The van der Waals surface area contributed by atoms with Crippen LogP contribution in [0.25, 0.3) is 17.3 Å². The third-order valence-corrected chi connectivity index (χ3v) is 4.67. The normalized spacial score (nSPS) is 14.6. The molecule has 0 saturated carbocycles. The van der Waals surface area contributed by atoms with E-state index in [1.165, 1.54) is 12.1 Å². The van der Waals surface area contributed by atoms with Crippen LogP contribution in [-0.2, 0) is 6.42 Å². The predicted molar refractivity (Wildman–Crippen MR) is 98.1 cm³/mol. The third kappa shape index (κ3) is 2.91. The van der Waals surface area contributed by atoms with E-state index in [9.17, 15) is 14.3 Å². The minimum atomic E-state index is -1.06. The molecule has 130 valence electrons. The smallest absolute Gasteiger partial charge is 0.356 e. The Hall–Kier alpha value is -2.92. The number of carbonyl (C=O) groups is 1. The van der Waals surface area contributed by atoms with E-state index < -0.39 is 5.97 Å². The molecule has 2 aromatic carbocycles. The molecule has 4 rings (SSSR count). The summed E-state index contributed by atoms with van der Waals surface area (Å²) >= 11 is 5.93. The summed E-state index contributed by atoms with van der Waals surface area (Å²) in [6, 6.07) is 13.3. The van der Waals surface area contributed by atoms with Crippen molar-refractivity contribution in [2.75, 3.05) is 0 Å². The molecule has 1 aromatic heterocycles. The van der Waals surface area contributed by atoms with Crippen LogP contribution in [0.4, 0.5) is 4.39 Å². The minimum absolute atomic E-state index is 0.0452. The largest absolute Gasteiger partial charge is 0.476 e. The van der Waals surface area contributed by atoms with Crippen molar-refractivity contribution in [1.29, 1.82) is 0 Å². The number of carboxylic acids is 1. The van der Waals surface area contributed by atoms with Crippen molar-refractivity contribution in [2.45, 2.75) is 12.8 Å². The van der Waals surface area contributed by atoms with Gasteiger partial charge in [0.15, 0.2) is 5.69 Å². The molecule has 0 aliphatic heterocycles. The molecule has 0 amide bonds. The average Bonchev–Trinajstić information content (AvgIpc) is 3.19. The summed E-state index contributed by atoms with van der Waals surface area (Å²) in [5.74, 6) is -1.41. The van der Waals surface area contributed by atoms with Crippen LogP contribution in [-0.4, -0.2) is 20.9 Å². The first kappa shape index (κ1) is 16.5. The molecular formula is C20H14ClFN2O2. The van der Waals surface area contributed by atoms with Gasteiger partial charge < -0.3 is 5.11 Å². The maximum absolute atomic E-state index is 13.3. The lowest BCUT2D eigenvalue weighted by atomic mass is 10.1. The number of benzene rings is 2. The minimum Gasteiger partial charge on any atom is -0.476 e.